The van der Waals surface area contributed by atoms with Crippen LogP contribution in [0.25, 0.3) is 0 Å². The van der Waals surface area contributed by atoms with Crippen molar-refractivity contribution in [2.45, 2.75) is 43.7 Å². The lowest BCUT2D eigenvalue weighted by Gasteiger charge is -2.26. The van der Waals surface area contributed by atoms with Gasteiger partial charge in [-0.2, -0.15) is 4.31 Å². The number of nitrogens with two attached hydrogens (primary N) is 1. The lowest BCUT2D eigenvalue weighted by molar-refractivity contribution is 0.333. The van der Waals surface area contributed by atoms with E-state index in [0.29, 0.717) is 23.9 Å². The van der Waals surface area contributed by atoms with Gasteiger partial charge in [-0.1, -0.05) is 6.07 Å². The minimum Gasteiger partial charge on any atom is -0.326 e. The highest BCUT2D eigenvalue weighted by Gasteiger charge is 2.44. The van der Waals surface area contributed by atoms with E-state index in [0.717, 1.165) is 24.0 Å². The standard InChI is InChI=1S/C14H20N2O2S/c1-10-6-14(5-3-12(10)8-15)19(17,18)16-9-11-2-4-13(16)7-11/h3,5-6,11,13H,2,4,7-9,15H2,1H3. The Balaban J connectivity index is 1.94. The molecule has 1 aliphatic heterocycles. The highest BCUT2D eigenvalue weighted by atomic mass is 32.2. The molecule has 0 amide bonds. The first-order valence-electron chi connectivity index (χ1n) is 6.84. The van der Waals surface area contributed by atoms with Crippen molar-refractivity contribution in [1.82, 2.24) is 4.31 Å². The number of fused-ring (bicyclic) bond motifs is 2. The predicted molar refractivity (Wildman–Crippen MR) is 74.1 cm³/mol. The molecule has 2 fully saturated rings. The molecule has 1 aromatic carbocycles. The van der Waals surface area contributed by atoms with Crippen LogP contribution in [0.2, 0.25) is 0 Å². The van der Waals surface area contributed by atoms with Gasteiger partial charge in [0.1, 0.15) is 0 Å². The smallest absolute Gasteiger partial charge is 0.243 e. The average Bonchev–Trinajstić information content (AvgIpc) is 3.01. The Labute approximate surface area is 114 Å². The molecule has 104 valence electrons. The van der Waals surface area contributed by atoms with E-state index in [1.54, 1.807) is 16.4 Å². The molecular formula is C14H20N2O2S. The van der Waals surface area contributed by atoms with Gasteiger partial charge < -0.3 is 5.73 Å². The molecule has 2 bridgehead atoms. The van der Waals surface area contributed by atoms with Crippen LogP contribution in [0.5, 0.6) is 0 Å². The Morgan fingerprint density at radius 2 is 2.16 bits per heavy atom. The van der Waals surface area contributed by atoms with Crippen LogP contribution >= 0.6 is 0 Å². The van der Waals surface area contributed by atoms with Crippen LogP contribution < -0.4 is 5.73 Å². The van der Waals surface area contributed by atoms with E-state index >= 15 is 0 Å². The molecule has 3 rings (SSSR count). The first-order chi connectivity index (χ1) is 9.02. The van der Waals surface area contributed by atoms with Gasteiger partial charge in [0, 0.05) is 19.1 Å². The molecule has 19 heavy (non-hydrogen) atoms. The van der Waals surface area contributed by atoms with Gasteiger partial charge in [0.05, 0.1) is 4.90 Å². The zero-order valence-electron chi connectivity index (χ0n) is 11.2. The third-order valence-electron chi connectivity index (χ3n) is 4.50. The summed E-state index contributed by atoms with van der Waals surface area (Å²) in [7, 11) is -3.32. The number of rotatable bonds is 3. The first-order valence-corrected chi connectivity index (χ1v) is 8.28. The van der Waals surface area contributed by atoms with Gasteiger partial charge in [-0.05, 0) is 55.4 Å². The van der Waals surface area contributed by atoms with E-state index in [2.05, 4.69) is 0 Å². The number of piperidine rings is 1. The predicted octanol–water partition coefficient (Wildman–Crippen LogP) is 1.63. The van der Waals surface area contributed by atoms with Crippen molar-refractivity contribution >= 4 is 10.0 Å². The molecule has 0 radical (unpaired) electrons. The van der Waals surface area contributed by atoms with Crippen molar-refractivity contribution in [2.75, 3.05) is 6.54 Å². The number of sulfonamides is 1. The molecule has 4 nitrogen and oxygen atoms in total. The maximum Gasteiger partial charge on any atom is 0.243 e. The summed E-state index contributed by atoms with van der Waals surface area (Å²) in [4.78, 5) is 0.412. The van der Waals surface area contributed by atoms with E-state index in [9.17, 15) is 8.42 Å². The third-order valence-corrected chi connectivity index (χ3v) is 6.41. The fourth-order valence-electron chi connectivity index (χ4n) is 3.37. The van der Waals surface area contributed by atoms with Crippen molar-refractivity contribution in [2.24, 2.45) is 11.7 Å². The molecule has 2 unspecified atom stereocenters. The summed E-state index contributed by atoms with van der Waals surface area (Å²) in [5.74, 6) is 0.573. The van der Waals surface area contributed by atoms with E-state index in [-0.39, 0.29) is 6.04 Å². The minimum absolute atomic E-state index is 0.226. The second-order valence-corrected chi connectivity index (χ2v) is 7.59. The third kappa shape index (κ3) is 2.10. The summed E-state index contributed by atoms with van der Waals surface area (Å²) in [6.07, 6.45) is 3.24. The van der Waals surface area contributed by atoms with Crippen molar-refractivity contribution in [3.05, 3.63) is 29.3 Å². The Hall–Kier alpha value is -0.910. The summed E-state index contributed by atoms with van der Waals surface area (Å²) < 4.78 is 27.0. The number of benzene rings is 1. The maximum absolute atomic E-state index is 12.7. The molecule has 1 saturated heterocycles. The zero-order chi connectivity index (χ0) is 13.6. The van der Waals surface area contributed by atoms with Gasteiger partial charge in [-0.15, -0.1) is 0 Å². The first kappa shape index (κ1) is 13.1. The van der Waals surface area contributed by atoms with Crippen LogP contribution in [0.4, 0.5) is 0 Å². The molecule has 2 N–H and O–H groups in total. The summed E-state index contributed by atoms with van der Waals surface area (Å²) in [6.45, 7) is 3.06. The van der Waals surface area contributed by atoms with Gasteiger partial charge in [0.15, 0.2) is 0 Å². The lowest BCUT2D eigenvalue weighted by Crippen LogP contribution is -2.37. The Morgan fingerprint density at radius 3 is 2.68 bits per heavy atom. The second-order valence-electron chi connectivity index (χ2n) is 5.70. The lowest BCUT2D eigenvalue weighted by atomic mass is 10.1. The molecule has 2 aliphatic rings. The van der Waals surface area contributed by atoms with Crippen molar-refractivity contribution < 1.29 is 8.42 Å². The van der Waals surface area contributed by atoms with Crippen LogP contribution in [-0.4, -0.2) is 25.3 Å². The summed E-state index contributed by atoms with van der Waals surface area (Å²) in [5, 5.41) is 0. The highest BCUT2D eigenvalue weighted by molar-refractivity contribution is 7.89. The fraction of sp³-hybridized carbons (Fsp3) is 0.571. The minimum atomic E-state index is -3.32. The molecule has 2 atom stereocenters. The largest absolute Gasteiger partial charge is 0.326 e. The van der Waals surface area contributed by atoms with Crippen LogP contribution in [0.3, 0.4) is 0 Å². The molecule has 0 aromatic heterocycles. The molecule has 1 aromatic rings. The SMILES string of the molecule is Cc1cc(S(=O)(=O)N2CC3CCC2C3)ccc1CN. The van der Waals surface area contributed by atoms with Gasteiger partial charge in [-0.25, -0.2) is 8.42 Å². The summed E-state index contributed by atoms with van der Waals surface area (Å²) in [6, 6.07) is 5.50. The number of hydrogen-bond donors (Lipinski definition) is 1. The molecule has 1 heterocycles. The Morgan fingerprint density at radius 1 is 1.37 bits per heavy atom. The molecule has 1 saturated carbocycles. The van der Waals surface area contributed by atoms with Crippen LogP contribution in [0, 0.1) is 12.8 Å². The van der Waals surface area contributed by atoms with Gasteiger partial charge in [-0.3, -0.25) is 0 Å². The molecule has 5 heteroatoms. The van der Waals surface area contributed by atoms with E-state index in [1.165, 1.54) is 6.42 Å². The Bertz CT molecular complexity index is 597. The van der Waals surface area contributed by atoms with E-state index in [4.69, 9.17) is 5.73 Å². The maximum atomic E-state index is 12.7. The van der Waals surface area contributed by atoms with Crippen molar-refractivity contribution in [3.8, 4) is 0 Å². The molecular weight excluding hydrogens is 260 g/mol. The van der Waals surface area contributed by atoms with E-state index in [1.807, 2.05) is 13.0 Å². The van der Waals surface area contributed by atoms with Crippen molar-refractivity contribution in [1.29, 1.82) is 0 Å². The fourth-order valence-corrected chi connectivity index (χ4v) is 5.19. The number of aryl methyl sites for hydroxylation is 1. The van der Waals surface area contributed by atoms with Crippen LogP contribution in [0.15, 0.2) is 23.1 Å². The van der Waals surface area contributed by atoms with Gasteiger partial charge >= 0.3 is 0 Å². The second kappa shape index (κ2) is 4.58. The number of hydrogen-bond acceptors (Lipinski definition) is 3. The van der Waals surface area contributed by atoms with E-state index < -0.39 is 10.0 Å². The molecule has 1 aliphatic carbocycles. The Kier molecular flexibility index (Phi) is 3.15. The average molecular weight is 280 g/mol. The van der Waals surface area contributed by atoms with Crippen LogP contribution in [-0.2, 0) is 16.6 Å². The van der Waals surface area contributed by atoms with Gasteiger partial charge in [0.2, 0.25) is 10.0 Å². The van der Waals surface area contributed by atoms with Gasteiger partial charge in [0.25, 0.3) is 0 Å². The highest BCUT2D eigenvalue weighted by Crippen LogP contribution is 2.40. The topological polar surface area (TPSA) is 63.4 Å². The normalized spacial score (nSPS) is 27.1. The van der Waals surface area contributed by atoms with Crippen LogP contribution in [0.1, 0.15) is 30.4 Å². The monoisotopic (exact) mass is 280 g/mol. The van der Waals surface area contributed by atoms with Crippen molar-refractivity contribution in [3.63, 3.8) is 0 Å². The molecule has 0 spiro atoms. The zero-order valence-corrected chi connectivity index (χ0v) is 12.0. The summed E-state index contributed by atoms with van der Waals surface area (Å²) >= 11 is 0. The number of nitrogens with zero attached hydrogens (tertiary/aromatic N) is 1. The summed E-state index contributed by atoms with van der Waals surface area (Å²) in [5.41, 5.74) is 7.57. The quantitative estimate of drug-likeness (QED) is 0.915.